The third-order valence-electron chi connectivity index (χ3n) is 3.29. The second-order valence-corrected chi connectivity index (χ2v) is 4.92. The van der Waals surface area contributed by atoms with Crippen LogP contribution in [0.5, 0.6) is 5.75 Å². The molecule has 1 aromatic carbocycles. The van der Waals surface area contributed by atoms with Gasteiger partial charge in [0.1, 0.15) is 12.4 Å². The average molecular weight is 271 g/mol. The van der Waals surface area contributed by atoms with Gasteiger partial charge in [-0.1, -0.05) is 11.6 Å². The maximum Gasteiger partial charge on any atom is 0.119 e. The molecule has 1 aliphatic heterocycles. The number of hydrogen-bond acceptors (Lipinski definition) is 4. The summed E-state index contributed by atoms with van der Waals surface area (Å²) in [6.07, 6.45) is 2.05. The number of hydrazine groups is 1. The summed E-state index contributed by atoms with van der Waals surface area (Å²) in [4.78, 5) is 0. The molecule has 1 saturated heterocycles. The van der Waals surface area contributed by atoms with Crippen molar-refractivity contribution in [3.05, 3.63) is 29.3 Å². The number of benzene rings is 1. The van der Waals surface area contributed by atoms with E-state index in [1.165, 1.54) is 0 Å². The summed E-state index contributed by atoms with van der Waals surface area (Å²) < 4.78 is 11.1. The molecule has 0 bridgehead atoms. The van der Waals surface area contributed by atoms with Gasteiger partial charge in [-0.2, -0.15) is 0 Å². The van der Waals surface area contributed by atoms with Crippen LogP contribution >= 0.6 is 11.6 Å². The highest BCUT2D eigenvalue weighted by Crippen LogP contribution is 2.20. The van der Waals surface area contributed by atoms with E-state index in [9.17, 15) is 0 Å². The zero-order valence-electron chi connectivity index (χ0n) is 10.3. The molecule has 0 spiro atoms. The topological polar surface area (TPSA) is 56.5 Å². The van der Waals surface area contributed by atoms with Gasteiger partial charge >= 0.3 is 0 Å². The maximum absolute atomic E-state index is 5.82. The van der Waals surface area contributed by atoms with Crippen LogP contribution < -0.4 is 16.0 Å². The molecule has 0 amide bonds. The predicted molar refractivity (Wildman–Crippen MR) is 71.6 cm³/mol. The molecule has 1 fully saturated rings. The normalized spacial score (nSPS) is 18.6. The lowest BCUT2D eigenvalue weighted by Crippen LogP contribution is -2.46. The summed E-state index contributed by atoms with van der Waals surface area (Å²) in [7, 11) is 0. The Hall–Kier alpha value is -0.810. The molecule has 0 saturated carbocycles. The first-order valence-corrected chi connectivity index (χ1v) is 6.59. The monoisotopic (exact) mass is 270 g/mol. The van der Waals surface area contributed by atoms with Crippen molar-refractivity contribution in [3.63, 3.8) is 0 Å². The third-order valence-corrected chi connectivity index (χ3v) is 3.54. The fourth-order valence-electron chi connectivity index (χ4n) is 2.16. The second kappa shape index (κ2) is 6.95. The summed E-state index contributed by atoms with van der Waals surface area (Å²) in [6, 6.07) is 7.51. The summed E-state index contributed by atoms with van der Waals surface area (Å²) in [5, 5.41) is 0.709. The lowest BCUT2D eigenvalue weighted by atomic mass is 9.93. The van der Waals surface area contributed by atoms with E-state index in [2.05, 4.69) is 5.43 Å². The standard InChI is InChI=1S/C13H19ClN2O2/c14-11-1-3-12(4-2-11)18-9-13(16-15)10-5-7-17-8-6-10/h1-4,10,13,16H,5-9,15H2. The van der Waals surface area contributed by atoms with Crippen LogP contribution in [0.15, 0.2) is 24.3 Å². The van der Waals surface area contributed by atoms with Crippen molar-refractivity contribution in [2.24, 2.45) is 11.8 Å². The van der Waals surface area contributed by atoms with E-state index >= 15 is 0 Å². The Kier molecular flexibility index (Phi) is 5.26. The molecule has 0 aliphatic carbocycles. The summed E-state index contributed by atoms with van der Waals surface area (Å²) in [6.45, 7) is 2.18. The van der Waals surface area contributed by atoms with Crippen LogP contribution in [-0.2, 0) is 4.74 Å². The minimum atomic E-state index is 0.157. The highest BCUT2D eigenvalue weighted by molar-refractivity contribution is 6.30. The zero-order chi connectivity index (χ0) is 12.8. The van der Waals surface area contributed by atoms with Gasteiger partial charge in [-0.15, -0.1) is 0 Å². The molecule has 5 heteroatoms. The second-order valence-electron chi connectivity index (χ2n) is 4.49. The van der Waals surface area contributed by atoms with E-state index in [1.807, 2.05) is 24.3 Å². The van der Waals surface area contributed by atoms with E-state index in [0.29, 0.717) is 17.5 Å². The van der Waals surface area contributed by atoms with Crippen molar-refractivity contribution in [2.75, 3.05) is 19.8 Å². The molecule has 1 aliphatic rings. The van der Waals surface area contributed by atoms with Crippen molar-refractivity contribution in [2.45, 2.75) is 18.9 Å². The van der Waals surface area contributed by atoms with Gasteiger partial charge in [0.25, 0.3) is 0 Å². The van der Waals surface area contributed by atoms with E-state index in [1.54, 1.807) is 0 Å². The van der Waals surface area contributed by atoms with Crippen molar-refractivity contribution in [1.29, 1.82) is 0 Å². The SMILES string of the molecule is NNC(COc1ccc(Cl)cc1)C1CCOCC1. The first-order valence-electron chi connectivity index (χ1n) is 6.22. The molecular weight excluding hydrogens is 252 g/mol. The van der Waals surface area contributed by atoms with Gasteiger partial charge in [-0.25, -0.2) is 0 Å². The smallest absolute Gasteiger partial charge is 0.119 e. The molecule has 3 N–H and O–H groups in total. The molecule has 2 rings (SSSR count). The quantitative estimate of drug-likeness (QED) is 0.635. The zero-order valence-corrected chi connectivity index (χ0v) is 11.0. The van der Waals surface area contributed by atoms with Gasteiger partial charge in [-0.05, 0) is 43.0 Å². The van der Waals surface area contributed by atoms with Crippen LogP contribution in [0.3, 0.4) is 0 Å². The van der Waals surface area contributed by atoms with Crippen molar-refractivity contribution in [3.8, 4) is 5.75 Å². The van der Waals surface area contributed by atoms with Crippen molar-refractivity contribution < 1.29 is 9.47 Å². The molecule has 0 radical (unpaired) electrons. The van der Waals surface area contributed by atoms with E-state index in [0.717, 1.165) is 31.8 Å². The highest BCUT2D eigenvalue weighted by atomic mass is 35.5. The van der Waals surface area contributed by atoms with Gasteiger partial charge in [0, 0.05) is 18.2 Å². The van der Waals surface area contributed by atoms with Gasteiger partial charge in [-0.3, -0.25) is 11.3 Å². The number of nitrogens with two attached hydrogens (primary N) is 1. The maximum atomic E-state index is 5.82. The van der Waals surface area contributed by atoms with Crippen LogP contribution in [0.25, 0.3) is 0 Å². The van der Waals surface area contributed by atoms with Crippen LogP contribution in [-0.4, -0.2) is 25.9 Å². The minimum Gasteiger partial charge on any atom is -0.492 e. The Morgan fingerprint density at radius 2 is 2.00 bits per heavy atom. The fraction of sp³-hybridized carbons (Fsp3) is 0.538. The lowest BCUT2D eigenvalue weighted by Gasteiger charge is -2.29. The summed E-state index contributed by atoms with van der Waals surface area (Å²) in [5.74, 6) is 6.92. The van der Waals surface area contributed by atoms with Crippen LogP contribution in [0.1, 0.15) is 12.8 Å². The highest BCUT2D eigenvalue weighted by Gasteiger charge is 2.23. The van der Waals surface area contributed by atoms with Crippen LogP contribution in [0.2, 0.25) is 5.02 Å². The molecular formula is C13H19ClN2O2. The Bertz CT molecular complexity index is 353. The van der Waals surface area contributed by atoms with Gasteiger partial charge in [0.15, 0.2) is 0 Å². The molecule has 0 aromatic heterocycles. The first-order chi connectivity index (χ1) is 8.79. The average Bonchev–Trinajstić information content (AvgIpc) is 2.43. The Labute approximate surface area is 112 Å². The molecule has 1 atom stereocenters. The molecule has 1 aromatic rings. The molecule has 1 unspecified atom stereocenters. The van der Waals surface area contributed by atoms with Gasteiger partial charge in [0.2, 0.25) is 0 Å². The number of rotatable bonds is 5. The van der Waals surface area contributed by atoms with E-state index in [-0.39, 0.29) is 6.04 Å². The first kappa shape index (κ1) is 13.6. The summed E-state index contributed by atoms with van der Waals surface area (Å²) >= 11 is 5.82. The fourth-order valence-corrected chi connectivity index (χ4v) is 2.28. The Morgan fingerprint density at radius 3 is 2.61 bits per heavy atom. The van der Waals surface area contributed by atoms with Crippen molar-refractivity contribution in [1.82, 2.24) is 5.43 Å². The van der Waals surface area contributed by atoms with Crippen LogP contribution in [0.4, 0.5) is 0 Å². The molecule has 100 valence electrons. The number of hydrogen-bond donors (Lipinski definition) is 2. The van der Waals surface area contributed by atoms with Gasteiger partial charge < -0.3 is 9.47 Å². The third kappa shape index (κ3) is 3.85. The Balaban J connectivity index is 1.84. The molecule has 4 nitrogen and oxygen atoms in total. The number of nitrogens with one attached hydrogen (secondary N) is 1. The minimum absolute atomic E-state index is 0.157. The lowest BCUT2D eigenvalue weighted by molar-refractivity contribution is 0.0460. The van der Waals surface area contributed by atoms with Gasteiger partial charge in [0.05, 0.1) is 6.04 Å². The van der Waals surface area contributed by atoms with E-state index < -0.39 is 0 Å². The van der Waals surface area contributed by atoms with E-state index in [4.69, 9.17) is 26.9 Å². The summed E-state index contributed by atoms with van der Waals surface area (Å²) in [5.41, 5.74) is 2.85. The van der Waals surface area contributed by atoms with Crippen LogP contribution in [0, 0.1) is 5.92 Å². The predicted octanol–water partition coefficient (Wildman–Crippen LogP) is 1.98. The Morgan fingerprint density at radius 1 is 1.33 bits per heavy atom. The molecule has 18 heavy (non-hydrogen) atoms. The largest absolute Gasteiger partial charge is 0.492 e. The van der Waals surface area contributed by atoms with Crippen molar-refractivity contribution >= 4 is 11.6 Å². The number of ether oxygens (including phenoxy) is 2. The number of halogens is 1. The molecule has 1 heterocycles.